The highest BCUT2D eigenvalue weighted by Crippen LogP contribution is 2.41. The van der Waals surface area contributed by atoms with E-state index in [-0.39, 0.29) is 11.0 Å². The molecule has 0 unspecified atom stereocenters. The number of benzene rings is 1. The molecule has 0 spiro atoms. The molecule has 0 aromatic heterocycles. The minimum Gasteiger partial charge on any atom is -0.375 e. The summed E-state index contributed by atoms with van der Waals surface area (Å²) in [5, 5.41) is 0. The summed E-state index contributed by atoms with van der Waals surface area (Å²) in [7, 11) is 0. The van der Waals surface area contributed by atoms with E-state index in [1.807, 2.05) is 0 Å². The lowest BCUT2D eigenvalue weighted by Crippen LogP contribution is -2.45. The van der Waals surface area contributed by atoms with Crippen LogP contribution in [0, 0.1) is 0 Å². The molecule has 21 heavy (non-hydrogen) atoms. The van der Waals surface area contributed by atoms with Crippen molar-refractivity contribution in [3.05, 3.63) is 35.9 Å². The van der Waals surface area contributed by atoms with Crippen LogP contribution in [0.3, 0.4) is 0 Å². The first-order chi connectivity index (χ1) is 10.1. The van der Waals surface area contributed by atoms with Crippen LogP contribution in [0.2, 0.25) is 0 Å². The van der Waals surface area contributed by atoms with Crippen LogP contribution < -0.4 is 0 Å². The smallest absolute Gasteiger partial charge is 0.0627 e. The van der Waals surface area contributed by atoms with Gasteiger partial charge in [-0.25, -0.2) is 0 Å². The fourth-order valence-electron chi connectivity index (χ4n) is 3.76. The molecule has 0 bridgehead atoms. The van der Waals surface area contributed by atoms with Crippen molar-refractivity contribution in [1.29, 1.82) is 0 Å². The van der Waals surface area contributed by atoms with Crippen LogP contribution in [0.4, 0.5) is 0 Å². The van der Waals surface area contributed by atoms with Gasteiger partial charge in [0.15, 0.2) is 0 Å². The molecule has 2 aliphatic heterocycles. The van der Waals surface area contributed by atoms with Crippen molar-refractivity contribution in [2.75, 3.05) is 26.2 Å². The molecule has 0 saturated carbocycles. The van der Waals surface area contributed by atoms with Gasteiger partial charge in [-0.3, -0.25) is 0 Å². The van der Waals surface area contributed by atoms with Gasteiger partial charge in [0, 0.05) is 5.41 Å². The van der Waals surface area contributed by atoms with Gasteiger partial charge in [-0.1, -0.05) is 30.3 Å². The van der Waals surface area contributed by atoms with Crippen molar-refractivity contribution in [1.82, 2.24) is 4.90 Å². The van der Waals surface area contributed by atoms with E-state index in [0.29, 0.717) is 0 Å². The van der Waals surface area contributed by atoms with Crippen molar-refractivity contribution in [2.45, 2.75) is 57.0 Å². The predicted octanol–water partition coefficient (Wildman–Crippen LogP) is 4.00. The Hall–Kier alpha value is -0.860. The molecule has 2 heteroatoms. The molecule has 0 amide bonds. The maximum Gasteiger partial charge on any atom is 0.0627 e. The van der Waals surface area contributed by atoms with Gasteiger partial charge >= 0.3 is 0 Å². The second-order valence-electron chi connectivity index (χ2n) is 7.49. The molecule has 2 nitrogen and oxygen atoms in total. The van der Waals surface area contributed by atoms with E-state index in [1.54, 1.807) is 0 Å². The molecule has 1 aromatic carbocycles. The molecule has 2 saturated heterocycles. The second kappa shape index (κ2) is 6.10. The lowest BCUT2D eigenvalue weighted by molar-refractivity contribution is -0.0912. The molecule has 1 aromatic rings. The molecule has 0 radical (unpaired) electrons. The minimum atomic E-state index is 0.0475. The Bertz CT molecular complexity index is 438. The van der Waals surface area contributed by atoms with Crippen LogP contribution in [-0.2, 0) is 10.2 Å². The van der Waals surface area contributed by atoms with Gasteiger partial charge in [-0.15, -0.1) is 0 Å². The average molecular weight is 287 g/mol. The Kier molecular flexibility index (Phi) is 4.37. The molecule has 2 fully saturated rings. The average Bonchev–Trinajstić information content (AvgIpc) is 3.01. The lowest BCUT2D eigenvalue weighted by Gasteiger charge is -2.44. The van der Waals surface area contributed by atoms with Crippen LogP contribution in [0.15, 0.2) is 30.3 Å². The van der Waals surface area contributed by atoms with Gasteiger partial charge in [0.1, 0.15) is 0 Å². The fraction of sp³-hybridized carbons (Fsp3) is 0.684. The van der Waals surface area contributed by atoms with Gasteiger partial charge in [-0.2, -0.15) is 0 Å². The minimum absolute atomic E-state index is 0.0475. The third-order valence-corrected chi connectivity index (χ3v) is 5.44. The monoisotopic (exact) mass is 287 g/mol. The van der Waals surface area contributed by atoms with Crippen molar-refractivity contribution in [3.8, 4) is 0 Å². The topological polar surface area (TPSA) is 12.5 Å². The van der Waals surface area contributed by atoms with Gasteiger partial charge in [-0.05, 0) is 71.1 Å². The molecule has 0 N–H and O–H groups in total. The maximum atomic E-state index is 6.23. The van der Waals surface area contributed by atoms with E-state index in [0.717, 1.165) is 13.0 Å². The van der Waals surface area contributed by atoms with Crippen LogP contribution in [-0.4, -0.2) is 36.7 Å². The summed E-state index contributed by atoms with van der Waals surface area (Å²) in [5.74, 6) is 0. The van der Waals surface area contributed by atoms with Crippen molar-refractivity contribution in [2.24, 2.45) is 0 Å². The molecule has 2 aliphatic rings. The first-order valence-corrected chi connectivity index (χ1v) is 8.52. The molecular weight excluding hydrogens is 258 g/mol. The van der Waals surface area contributed by atoms with Crippen LogP contribution >= 0.6 is 0 Å². The highest BCUT2D eigenvalue weighted by Gasteiger charge is 2.40. The molecule has 3 rings (SSSR count). The molecule has 1 atom stereocenters. The summed E-state index contributed by atoms with van der Waals surface area (Å²) < 4.78 is 6.23. The number of ether oxygens (including phenoxy) is 1. The first kappa shape index (κ1) is 15.1. The van der Waals surface area contributed by atoms with E-state index in [4.69, 9.17) is 4.74 Å². The van der Waals surface area contributed by atoms with E-state index < -0.39 is 0 Å². The van der Waals surface area contributed by atoms with E-state index in [2.05, 4.69) is 49.1 Å². The Balaban J connectivity index is 1.74. The molecule has 0 aliphatic carbocycles. The highest BCUT2D eigenvalue weighted by molar-refractivity contribution is 5.26. The van der Waals surface area contributed by atoms with E-state index >= 15 is 0 Å². The third-order valence-electron chi connectivity index (χ3n) is 5.44. The number of hydrogen-bond donors (Lipinski definition) is 0. The summed E-state index contributed by atoms with van der Waals surface area (Å²) in [6.45, 7) is 9.12. The normalized spacial score (nSPS) is 29.6. The summed E-state index contributed by atoms with van der Waals surface area (Å²) in [6.07, 6.45) is 6.39. The zero-order valence-corrected chi connectivity index (χ0v) is 13.6. The highest BCUT2D eigenvalue weighted by atomic mass is 16.5. The SMILES string of the molecule is CC1(C)CC[C@](CCN2CCCC2)(c2ccccc2)CO1. The Morgan fingerprint density at radius 2 is 1.76 bits per heavy atom. The molecular formula is C19H29NO. The standard InChI is InChI=1S/C19H29NO/c1-18(2)10-11-19(16-21-18,17-8-4-3-5-9-17)12-15-20-13-6-7-14-20/h3-5,8-9H,6-7,10-16H2,1-2H3/t19-/m1/s1. The second-order valence-corrected chi connectivity index (χ2v) is 7.49. The number of nitrogens with zero attached hydrogens (tertiary/aromatic N) is 1. The van der Waals surface area contributed by atoms with Crippen molar-refractivity contribution >= 4 is 0 Å². The summed E-state index contributed by atoms with van der Waals surface area (Å²) >= 11 is 0. The van der Waals surface area contributed by atoms with Crippen LogP contribution in [0.1, 0.15) is 51.5 Å². The van der Waals surface area contributed by atoms with Crippen molar-refractivity contribution in [3.63, 3.8) is 0 Å². The van der Waals surface area contributed by atoms with Gasteiger partial charge < -0.3 is 9.64 Å². The van der Waals surface area contributed by atoms with Crippen molar-refractivity contribution < 1.29 is 4.74 Å². The summed E-state index contributed by atoms with van der Waals surface area (Å²) in [6, 6.07) is 11.1. The molecule has 2 heterocycles. The van der Waals surface area contributed by atoms with E-state index in [1.165, 1.54) is 50.9 Å². The predicted molar refractivity (Wildman–Crippen MR) is 87.7 cm³/mol. The third kappa shape index (κ3) is 3.49. The zero-order valence-electron chi connectivity index (χ0n) is 13.6. The number of likely N-dealkylation sites (tertiary alicyclic amines) is 1. The van der Waals surface area contributed by atoms with Gasteiger partial charge in [0.2, 0.25) is 0 Å². The Labute approximate surface area is 129 Å². The van der Waals surface area contributed by atoms with E-state index in [9.17, 15) is 0 Å². The Morgan fingerprint density at radius 3 is 2.38 bits per heavy atom. The fourth-order valence-corrected chi connectivity index (χ4v) is 3.76. The Morgan fingerprint density at radius 1 is 1.05 bits per heavy atom. The molecule has 116 valence electrons. The quantitative estimate of drug-likeness (QED) is 0.830. The summed E-state index contributed by atoms with van der Waals surface area (Å²) in [4.78, 5) is 2.63. The van der Waals surface area contributed by atoms with Crippen LogP contribution in [0.5, 0.6) is 0 Å². The first-order valence-electron chi connectivity index (χ1n) is 8.52. The van der Waals surface area contributed by atoms with Crippen LogP contribution in [0.25, 0.3) is 0 Å². The number of rotatable bonds is 4. The maximum absolute atomic E-state index is 6.23. The largest absolute Gasteiger partial charge is 0.375 e. The van der Waals surface area contributed by atoms with Gasteiger partial charge in [0.05, 0.1) is 12.2 Å². The number of hydrogen-bond acceptors (Lipinski definition) is 2. The summed E-state index contributed by atoms with van der Waals surface area (Å²) in [5.41, 5.74) is 1.74. The van der Waals surface area contributed by atoms with Gasteiger partial charge in [0.25, 0.3) is 0 Å². The zero-order chi connectivity index (χ0) is 14.8. The lowest BCUT2D eigenvalue weighted by atomic mass is 9.71.